The summed E-state index contributed by atoms with van der Waals surface area (Å²) in [4.78, 5) is 31.2. The van der Waals surface area contributed by atoms with Crippen molar-refractivity contribution in [3.05, 3.63) is 479 Å². The molecule has 12 heteroatoms. The Hall–Kier alpha value is -17.5. The van der Waals surface area contributed by atoms with Gasteiger partial charge in [-0.2, -0.15) is 0 Å². The largest absolute Gasteiger partial charge is 0.309 e. The number of rotatable bonds is 13. The lowest BCUT2D eigenvalue weighted by Crippen LogP contribution is -2.04. The number of fused-ring (bicyclic) bond motifs is 18. The number of thiophene rings is 3. The van der Waals surface area contributed by atoms with Crippen LogP contribution < -0.4 is 0 Å². The molecule has 0 radical (unpaired) electrons. The van der Waals surface area contributed by atoms with Gasteiger partial charge in [-0.1, -0.05) is 340 Å². The van der Waals surface area contributed by atoms with Crippen LogP contribution in [0.25, 0.3) is 256 Å². The van der Waals surface area contributed by atoms with E-state index in [1.807, 2.05) is 52.2 Å². The zero-order chi connectivity index (χ0) is 91.1. The van der Waals surface area contributed by atoms with Gasteiger partial charge in [-0.05, 0) is 162 Å². The SMILES string of the molecule is c1ccc(-c2cc(-c3ccc4c(c3)sc3ccccc34)nc(-c3ccc(-n4c5ccccc5c5ccccc54)cc3)n2)cc1.c1ccc(-c2cc(-c3ccc4c(c3)sc3ccccc34)nc(-c3cccc(-n4c5ccccc5c5ccccc54)c3)n2)cc1.c1ccc(-c2ccc3c(c2)c2cc(-c4ccccc4)ccc2n3-c2nc(-c3ccccc3)cc(-c3ccc4c(c3)sc3ccccc34)n2)cc1. The predicted molar refractivity (Wildman–Crippen MR) is 582 cm³/mol. The summed E-state index contributed by atoms with van der Waals surface area (Å²) in [5, 5.41) is 15.1. The second-order valence-corrected chi connectivity index (χ2v) is 38.0. The normalized spacial score (nSPS) is 11.6. The fourth-order valence-corrected chi connectivity index (χ4v) is 23.3. The smallest absolute Gasteiger partial charge is 0.235 e. The lowest BCUT2D eigenvalue weighted by molar-refractivity contribution is 0.996. The van der Waals surface area contributed by atoms with Crippen LogP contribution in [0.3, 0.4) is 0 Å². The summed E-state index contributed by atoms with van der Waals surface area (Å²) >= 11 is 5.48. The Morgan fingerprint density at radius 2 is 0.413 bits per heavy atom. The van der Waals surface area contributed by atoms with Gasteiger partial charge >= 0.3 is 0 Å². The Balaban J connectivity index is 0.000000107. The molecule has 9 heterocycles. The van der Waals surface area contributed by atoms with E-state index in [1.54, 1.807) is 0 Å². The van der Waals surface area contributed by atoms with Crippen molar-refractivity contribution in [3.63, 3.8) is 0 Å². The average Bonchev–Trinajstić information content (AvgIpc) is 1.57. The van der Waals surface area contributed by atoms with Crippen molar-refractivity contribution in [2.24, 2.45) is 0 Å². The maximum Gasteiger partial charge on any atom is 0.235 e. The minimum absolute atomic E-state index is 0.651. The first-order valence-corrected chi connectivity index (χ1v) is 48.8. The highest BCUT2D eigenvalue weighted by molar-refractivity contribution is 7.26. The number of benzene rings is 19. The van der Waals surface area contributed by atoms with E-state index in [-0.39, 0.29) is 0 Å². The molecule has 138 heavy (non-hydrogen) atoms. The van der Waals surface area contributed by atoms with Gasteiger partial charge in [-0.15, -0.1) is 34.0 Å². The van der Waals surface area contributed by atoms with E-state index < -0.39 is 0 Å². The molecular formula is C126H79N9S3. The Labute approximate surface area is 806 Å². The van der Waals surface area contributed by atoms with Gasteiger partial charge in [0.1, 0.15) is 0 Å². The topological polar surface area (TPSA) is 92.1 Å². The van der Waals surface area contributed by atoms with Gasteiger partial charge in [-0.25, -0.2) is 29.9 Å². The highest BCUT2D eigenvalue weighted by atomic mass is 32.1. The van der Waals surface area contributed by atoms with Gasteiger partial charge in [-0.3, -0.25) is 4.57 Å². The first kappa shape index (κ1) is 81.3. The molecule has 0 unspecified atom stereocenters. The summed E-state index contributed by atoms with van der Waals surface area (Å²) in [5.41, 5.74) is 27.7. The molecule has 0 fully saturated rings. The first-order valence-electron chi connectivity index (χ1n) is 46.3. The minimum atomic E-state index is 0.651. The highest BCUT2D eigenvalue weighted by Crippen LogP contribution is 2.45. The van der Waals surface area contributed by atoms with E-state index in [2.05, 4.69) is 475 Å². The molecule has 0 saturated heterocycles. The third kappa shape index (κ3) is 14.8. The van der Waals surface area contributed by atoms with Gasteiger partial charge < -0.3 is 9.13 Å². The van der Waals surface area contributed by atoms with Crippen LogP contribution in [0, 0.1) is 0 Å². The summed E-state index contributed by atoms with van der Waals surface area (Å²) in [6.07, 6.45) is 0. The molecule has 19 aromatic carbocycles. The summed E-state index contributed by atoms with van der Waals surface area (Å²) < 4.78 is 14.6. The second kappa shape index (κ2) is 34.5. The molecule has 0 aliphatic carbocycles. The molecule has 646 valence electrons. The molecule has 9 aromatic heterocycles. The van der Waals surface area contributed by atoms with Crippen molar-refractivity contribution in [1.82, 2.24) is 43.6 Å². The van der Waals surface area contributed by atoms with E-state index in [9.17, 15) is 0 Å². The van der Waals surface area contributed by atoms with Gasteiger partial charge in [0.15, 0.2) is 11.6 Å². The number of aromatic nitrogens is 9. The Kier molecular flexibility index (Phi) is 20.3. The average molecular weight is 1820 g/mol. The van der Waals surface area contributed by atoms with Crippen LogP contribution >= 0.6 is 34.0 Å². The van der Waals surface area contributed by atoms with Crippen LogP contribution in [-0.4, -0.2) is 43.6 Å². The van der Waals surface area contributed by atoms with Gasteiger partial charge in [0, 0.05) is 149 Å². The molecule has 0 atom stereocenters. The summed E-state index contributed by atoms with van der Waals surface area (Å²) in [6.45, 7) is 0. The second-order valence-electron chi connectivity index (χ2n) is 34.8. The van der Waals surface area contributed by atoms with Crippen molar-refractivity contribution in [2.45, 2.75) is 0 Å². The van der Waals surface area contributed by atoms with Gasteiger partial charge in [0.25, 0.3) is 0 Å². The van der Waals surface area contributed by atoms with Crippen molar-refractivity contribution in [1.29, 1.82) is 0 Å². The quantitative estimate of drug-likeness (QED) is 0.114. The molecule has 0 spiro atoms. The van der Waals surface area contributed by atoms with E-state index in [0.29, 0.717) is 17.6 Å². The zero-order valence-corrected chi connectivity index (χ0v) is 76.8. The molecule has 0 N–H and O–H groups in total. The summed E-state index contributed by atoms with van der Waals surface area (Å²) in [7, 11) is 0. The lowest BCUT2D eigenvalue weighted by Gasteiger charge is -2.12. The first-order chi connectivity index (χ1) is 68.4. The standard InChI is InChI=1S/C46H29N3S.2C40H25N3S/c1-4-12-30(13-5-1)33-21-24-42-38(26-33)39-27-34(31-14-6-2-7-15-31)22-25-43(39)49(42)46-47-40(32-16-8-3-9-17-32)29-41(48-46)35-20-23-37-36-18-10-11-19-44(36)50-45(37)28-35;1-2-11-26(12-3-1)34-25-35(27-21-22-33-32-17-6-9-20-38(32)44-39(33)24-27)42-40(41-34)28-13-10-14-29(23-28)43-36-18-7-4-15-30(36)31-16-5-8-19-37(31)43;1-2-10-26(11-3-1)34-25-35(28-20-23-33-32-14-6-9-17-38(32)44-39(33)24-28)42-40(41-34)27-18-21-29(22-19-27)43-36-15-7-4-12-30(36)31-13-5-8-16-37(31)43/h1-29H;2*1-25H. The van der Waals surface area contributed by atoms with E-state index in [1.165, 1.54) is 137 Å². The zero-order valence-electron chi connectivity index (χ0n) is 74.4. The molecule has 0 aliphatic heterocycles. The number of nitrogens with zero attached hydrogens (tertiary/aromatic N) is 9. The Morgan fingerprint density at radius 3 is 0.797 bits per heavy atom. The predicted octanol–water partition coefficient (Wildman–Crippen LogP) is 34.5. The Morgan fingerprint density at radius 1 is 0.138 bits per heavy atom. The fraction of sp³-hybridized carbons (Fsp3) is 0. The van der Waals surface area contributed by atoms with Crippen LogP contribution in [0.2, 0.25) is 0 Å². The summed E-state index contributed by atoms with van der Waals surface area (Å²) in [5.74, 6) is 2.07. The molecule has 0 aliphatic rings. The minimum Gasteiger partial charge on any atom is -0.309 e. The van der Waals surface area contributed by atoms with Crippen molar-refractivity contribution >= 4 is 160 Å². The molecule has 0 amide bonds. The maximum atomic E-state index is 5.35. The fourth-order valence-electron chi connectivity index (χ4n) is 19.9. The maximum absolute atomic E-state index is 5.35. The van der Waals surface area contributed by atoms with Crippen molar-refractivity contribution in [3.8, 4) is 130 Å². The Bertz CT molecular complexity index is 9390. The molecular weight excluding hydrogens is 1740 g/mol. The molecule has 28 rings (SSSR count). The highest BCUT2D eigenvalue weighted by Gasteiger charge is 2.24. The van der Waals surface area contributed by atoms with E-state index in [4.69, 9.17) is 29.9 Å². The molecule has 0 saturated carbocycles. The van der Waals surface area contributed by atoms with Crippen LogP contribution in [-0.2, 0) is 0 Å². The van der Waals surface area contributed by atoms with Crippen LogP contribution in [0.5, 0.6) is 0 Å². The number of para-hydroxylation sites is 4. The lowest BCUT2D eigenvalue weighted by atomic mass is 10.0. The van der Waals surface area contributed by atoms with Gasteiger partial charge in [0.05, 0.1) is 67.3 Å². The van der Waals surface area contributed by atoms with Crippen LogP contribution in [0.15, 0.2) is 479 Å². The van der Waals surface area contributed by atoms with Crippen molar-refractivity contribution in [2.75, 3.05) is 0 Å². The molecule has 9 nitrogen and oxygen atoms in total. The number of hydrogen-bond acceptors (Lipinski definition) is 9. The van der Waals surface area contributed by atoms with Gasteiger partial charge in [0.2, 0.25) is 5.95 Å². The van der Waals surface area contributed by atoms with E-state index >= 15 is 0 Å². The molecule has 0 bridgehead atoms. The van der Waals surface area contributed by atoms with Crippen molar-refractivity contribution < 1.29 is 0 Å². The third-order valence-corrected chi connectivity index (χ3v) is 29.9. The number of hydrogen-bond donors (Lipinski definition) is 0. The monoisotopic (exact) mass is 1810 g/mol. The van der Waals surface area contributed by atoms with Crippen LogP contribution in [0.4, 0.5) is 0 Å². The third-order valence-electron chi connectivity index (χ3n) is 26.5. The molecule has 28 aromatic rings. The van der Waals surface area contributed by atoms with E-state index in [0.717, 1.165) is 101 Å². The van der Waals surface area contributed by atoms with Crippen LogP contribution in [0.1, 0.15) is 0 Å². The summed E-state index contributed by atoms with van der Waals surface area (Å²) in [6, 6.07) is 170.